The Labute approximate surface area is 591 Å². The van der Waals surface area contributed by atoms with Gasteiger partial charge in [-0.05, 0) is 66.4 Å². The fraction of sp³-hybridized carbons (Fsp3) is 0.387. The fourth-order valence-electron chi connectivity index (χ4n) is 12.4. The van der Waals surface area contributed by atoms with Crippen LogP contribution in [0.4, 0.5) is 0 Å². The number of thiazole rings is 5. The standard InChI is InChI=1S/C62H64N16O18S5/c1-22(48-74-61(88)76-75-48)63-49(81)31-19-100-57(68-31)42-36(80)12-27-41(70-42)30-17-98-55(65-30)29-16-94-59(86)44-28-15-92-45(46(96-37-13-62(5,89)47(77(6)7)25(4)95-37)60(87)93-14-26-10-9-11-35(38(26)28)78(44)90)43(58-69-32(20-101-58)50(82)64-29)73-52(84)34-21-99-56(67-34)40(24(3)91-8)72-53(85)39(23(2)79)71-51(83)33-18-97-54(27)66-33/h9-12,17-23,25,29,37,39,43,45-47,61,76,79-80,88-90H,13-16H2,1-8H3,(H,63,81)(H,64,82)(H,71,83)(H,72,85)(H,73,84)(H,74,75)/b40-24+. The van der Waals surface area contributed by atoms with E-state index in [4.69, 9.17) is 43.4 Å². The number of allylic oxidation sites excluding steroid dienone is 1. The number of amidine groups is 1. The van der Waals surface area contributed by atoms with Crippen LogP contribution in [0.15, 0.2) is 61.9 Å². The molecule has 39 heteroatoms. The van der Waals surface area contributed by atoms with E-state index in [9.17, 15) is 40.0 Å². The van der Waals surface area contributed by atoms with E-state index in [0.29, 0.717) is 10.3 Å². The van der Waals surface area contributed by atoms with Crippen LogP contribution in [0.3, 0.4) is 0 Å². The Morgan fingerprint density at radius 1 is 0.842 bits per heavy atom. The van der Waals surface area contributed by atoms with Crippen molar-refractivity contribution in [1.82, 2.24) is 77.0 Å². The van der Waals surface area contributed by atoms with Gasteiger partial charge in [0.1, 0.15) is 125 Å². The molecular formula is C62H64N16O18S5. The van der Waals surface area contributed by atoms with Crippen molar-refractivity contribution < 1.29 is 87.6 Å². The van der Waals surface area contributed by atoms with Gasteiger partial charge in [-0.1, -0.05) is 12.1 Å². The molecule has 8 aromatic rings. The number of carbonyl (C=O) groups is 7. The van der Waals surface area contributed by atoms with Crippen molar-refractivity contribution in [2.75, 3.05) is 27.8 Å². The minimum atomic E-state index is -1.92. The van der Waals surface area contributed by atoms with Crippen molar-refractivity contribution in [2.24, 2.45) is 4.99 Å². The lowest BCUT2D eigenvalue weighted by Crippen LogP contribution is -2.62. The van der Waals surface area contributed by atoms with Crippen LogP contribution in [0.5, 0.6) is 5.75 Å². The summed E-state index contributed by atoms with van der Waals surface area (Å²) in [6.45, 7) is 5.90. The zero-order valence-corrected chi connectivity index (χ0v) is 58.6. The SMILES string of the molecule is CO/C(C)=C1/NC(=O)C(C(C)O)NC(=O)c2csc(n2)-c2cc(O)c(-c3nc(C(=O)NC(C)C4=NC(O)NN4)cs3)nc2-c2csc(n2)C2COC(=O)c3c4c5c(cccc5n3O)COC(=O)C(OC3CC(C)(O)C(N(C)C)C(C)O3)C(OC4)C(NC(=O)c3csc1n3)c1nc(cs1)C(=O)N2. The number of nitrogens with one attached hydrogen (secondary N) is 7. The van der Waals surface area contributed by atoms with E-state index in [-0.39, 0.29) is 111 Å². The molecule has 12 heterocycles. The Morgan fingerprint density at radius 3 is 2.25 bits per heavy atom. The summed E-state index contributed by atoms with van der Waals surface area (Å²) >= 11 is 4.58. The number of aromatic nitrogens is 7. The predicted molar refractivity (Wildman–Crippen MR) is 361 cm³/mol. The van der Waals surface area contributed by atoms with Gasteiger partial charge in [0.2, 0.25) is 12.3 Å². The molecule has 7 aromatic heterocycles. The highest BCUT2D eigenvalue weighted by molar-refractivity contribution is 7.14. The molecule has 12 N–H and O–H groups in total. The second-order valence-corrected chi connectivity index (χ2v) is 28.7. The molecule has 101 heavy (non-hydrogen) atoms. The topological polar surface area (TPSA) is 458 Å². The highest BCUT2D eigenvalue weighted by Gasteiger charge is 2.50. The number of nitrogens with zero attached hydrogens (tertiary/aromatic N) is 9. The smallest absolute Gasteiger partial charge is 0.358 e. The number of carbonyl (C=O) groups excluding carboxylic acids is 7. The highest BCUT2D eigenvalue weighted by atomic mass is 32.1. The Bertz CT molecular complexity index is 4690. The number of aliphatic imine (C=N–C) groups is 1. The Balaban J connectivity index is 0.971. The first kappa shape index (κ1) is 70.1. The van der Waals surface area contributed by atoms with Gasteiger partial charge in [0.25, 0.3) is 23.6 Å². The van der Waals surface area contributed by atoms with Crippen LogP contribution in [0.25, 0.3) is 49.3 Å². The molecule has 5 amide bonds. The van der Waals surface area contributed by atoms with Gasteiger partial charge in [0, 0.05) is 49.8 Å². The number of cyclic esters (lactones) is 2. The van der Waals surface area contributed by atoms with E-state index >= 15 is 19.2 Å². The maximum absolute atomic E-state index is 15.2. The molecule has 530 valence electrons. The molecule has 12 unspecified atom stereocenters. The van der Waals surface area contributed by atoms with E-state index in [0.717, 1.165) is 56.7 Å². The monoisotopic (exact) mass is 1480 g/mol. The third-order valence-corrected chi connectivity index (χ3v) is 21.6. The van der Waals surface area contributed by atoms with Crippen LogP contribution in [-0.2, 0) is 51.2 Å². The lowest BCUT2D eigenvalue weighted by atomic mass is 9.85. The number of benzene rings is 1. The van der Waals surface area contributed by atoms with Crippen LogP contribution in [-0.4, -0.2) is 201 Å². The van der Waals surface area contributed by atoms with Crippen LogP contribution >= 0.6 is 56.7 Å². The van der Waals surface area contributed by atoms with Crippen molar-refractivity contribution >= 4 is 121 Å². The number of aromatic hydroxyl groups is 1. The highest BCUT2D eigenvalue weighted by Crippen LogP contribution is 2.43. The summed E-state index contributed by atoms with van der Waals surface area (Å²) in [5, 5.41) is 78.2. The molecule has 1 saturated heterocycles. The first-order valence-electron chi connectivity index (χ1n) is 31.0. The summed E-state index contributed by atoms with van der Waals surface area (Å²) in [6.07, 6.45) is -8.77. The van der Waals surface area contributed by atoms with Crippen LogP contribution in [0.2, 0.25) is 0 Å². The van der Waals surface area contributed by atoms with Gasteiger partial charge >= 0.3 is 11.9 Å². The molecule has 0 radical (unpaired) electrons. The molecule has 1 fully saturated rings. The molecule has 13 rings (SSSR count). The van der Waals surface area contributed by atoms with E-state index in [1.807, 2.05) is 0 Å². The second kappa shape index (κ2) is 28.2. The number of likely N-dealkylation sites (N-methyl/N-ethyl adjacent to an activating group) is 1. The molecule has 12 atom stereocenters. The Morgan fingerprint density at radius 2 is 1.52 bits per heavy atom. The van der Waals surface area contributed by atoms with E-state index in [1.165, 1.54) is 54.6 Å². The summed E-state index contributed by atoms with van der Waals surface area (Å²) < 4.78 is 38.3. The molecule has 0 aliphatic carbocycles. The number of aliphatic hydroxyl groups excluding tert-OH is 2. The third-order valence-electron chi connectivity index (χ3n) is 17.1. The van der Waals surface area contributed by atoms with Crippen molar-refractivity contribution in [1.29, 1.82) is 0 Å². The van der Waals surface area contributed by atoms with Gasteiger partial charge in [0.15, 0.2) is 18.1 Å². The van der Waals surface area contributed by atoms with Crippen molar-refractivity contribution in [3.63, 3.8) is 0 Å². The van der Waals surface area contributed by atoms with Gasteiger partial charge in [-0.2, -0.15) is 10.2 Å². The van der Waals surface area contributed by atoms with Crippen molar-refractivity contribution in [3.8, 4) is 38.4 Å². The van der Waals surface area contributed by atoms with Crippen molar-refractivity contribution in [3.05, 3.63) is 112 Å². The third kappa shape index (κ3) is 13.9. The number of hydrogen-bond donors (Lipinski definition) is 12. The maximum atomic E-state index is 15.2. The molecule has 5 aliphatic rings. The van der Waals surface area contributed by atoms with Gasteiger partial charge in [-0.25, -0.2) is 44.5 Å². The Kier molecular flexibility index (Phi) is 19.6. The summed E-state index contributed by atoms with van der Waals surface area (Å²) in [7, 11) is 4.85. The number of hydrogen-bond acceptors (Lipinski definition) is 33. The van der Waals surface area contributed by atoms with Crippen LogP contribution in [0.1, 0.15) is 132 Å². The molecular weight excluding hydrogens is 1420 g/mol. The minimum Gasteiger partial charge on any atom is -0.506 e. The first-order chi connectivity index (χ1) is 48.2. The van der Waals surface area contributed by atoms with Crippen LogP contribution in [0, 0.1) is 0 Å². The summed E-state index contributed by atoms with van der Waals surface area (Å²) in [5.74, 6) is -6.73. The number of fused-ring (bicyclic) bond motifs is 15. The van der Waals surface area contributed by atoms with Gasteiger partial charge in [0.05, 0.1) is 49.1 Å². The molecule has 34 nitrogen and oxygen atoms in total. The lowest BCUT2D eigenvalue weighted by Gasteiger charge is -2.48. The zero-order chi connectivity index (χ0) is 71.6. The lowest BCUT2D eigenvalue weighted by molar-refractivity contribution is -0.280. The first-order valence-corrected chi connectivity index (χ1v) is 35.4. The number of rotatable bonds is 9. The number of ether oxygens (including phenoxy) is 6. The molecule has 12 bridgehead atoms. The average Bonchev–Trinajstić information content (AvgIpc) is 1.62. The number of hydrazine groups is 1. The fourth-order valence-corrected chi connectivity index (χ4v) is 16.5. The number of esters is 2. The summed E-state index contributed by atoms with van der Waals surface area (Å²) in [5.41, 5.74) is 2.65. The molecule has 1 aromatic carbocycles. The van der Waals surface area contributed by atoms with E-state index in [1.54, 1.807) is 57.3 Å². The quantitative estimate of drug-likeness (QED) is 0.0561. The Hall–Kier alpha value is -9.36. The minimum absolute atomic E-state index is 0.000881. The number of aliphatic hydroxyl groups is 3. The molecule has 5 aliphatic heterocycles. The van der Waals surface area contributed by atoms with E-state index in [2.05, 4.69) is 57.4 Å². The summed E-state index contributed by atoms with van der Waals surface area (Å²) in [6, 6.07) is -0.00592. The van der Waals surface area contributed by atoms with E-state index < -0.39 is 146 Å². The number of pyridine rings is 1. The maximum Gasteiger partial charge on any atom is 0.358 e. The largest absolute Gasteiger partial charge is 0.506 e. The molecule has 0 saturated carbocycles. The summed E-state index contributed by atoms with van der Waals surface area (Å²) in [4.78, 5) is 137. The number of methoxy groups -OCH3 is 1. The molecule has 0 spiro atoms. The predicted octanol–water partition coefficient (Wildman–Crippen LogP) is 3.06. The van der Waals surface area contributed by atoms with Crippen molar-refractivity contribution in [2.45, 2.75) is 127 Å². The number of amides is 5. The zero-order valence-electron chi connectivity index (χ0n) is 54.5. The van der Waals surface area contributed by atoms with Gasteiger partial charge in [-0.3, -0.25) is 24.0 Å². The van der Waals surface area contributed by atoms with Crippen LogP contribution < -0.4 is 37.4 Å². The van der Waals surface area contributed by atoms with Gasteiger partial charge < -0.3 is 91.0 Å². The second-order valence-electron chi connectivity index (χ2n) is 24.4. The van der Waals surface area contributed by atoms with Gasteiger partial charge in [-0.15, -0.1) is 56.7 Å². The average molecular weight is 1480 g/mol. The normalized spacial score (nSPS) is 25.5.